The number of benzene rings is 1. The largest absolute Gasteiger partial charge is 0.490 e. The predicted octanol–water partition coefficient (Wildman–Crippen LogP) is 2.96. The Morgan fingerprint density at radius 1 is 1.22 bits per heavy atom. The molecule has 0 saturated heterocycles. The summed E-state index contributed by atoms with van der Waals surface area (Å²) >= 11 is 0. The van der Waals surface area contributed by atoms with E-state index in [9.17, 15) is 9.59 Å². The highest BCUT2D eigenvalue weighted by molar-refractivity contribution is 5.98. The van der Waals surface area contributed by atoms with E-state index in [1.54, 1.807) is 24.3 Å². The standard InChI is InChI=1S/C14H18O4/c1-4-7-13(15)18-14(16)11-8-5-6-9-12(11)17-10(2)3/h5-6,8-10H,4,7H2,1-3H3. The highest BCUT2D eigenvalue weighted by atomic mass is 16.6. The van der Waals surface area contributed by atoms with E-state index in [2.05, 4.69) is 0 Å². The summed E-state index contributed by atoms with van der Waals surface area (Å²) in [5.41, 5.74) is 0.274. The maximum absolute atomic E-state index is 11.8. The maximum Gasteiger partial charge on any atom is 0.349 e. The second kappa shape index (κ2) is 6.79. The van der Waals surface area contributed by atoms with E-state index in [-0.39, 0.29) is 18.1 Å². The van der Waals surface area contributed by atoms with Gasteiger partial charge in [0.2, 0.25) is 0 Å². The van der Waals surface area contributed by atoms with Crippen LogP contribution in [0.3, 0.4) is 0 Å². The van der Waals surface area contributed by atoms with E-state index in [4.69, 9.17) is 9.47 Å². The normalized spacial score (nSPS) is 10.2. The summed E-state index contributed by atoms with van der Waals surface area (Å²) in [6.45, 7) is 5.58. The molecule has 0 N–H and O–H groups in total. The zero-order valence-electron chi connectivity index (χ0n) is 10.9. The molecular weight excluding hydrogens is 232 g/mol. The van der Waals surface area contributed by atoms with Crippen molar-refractivity contribution < 1.29 is 19.1 Å². The summed E-state index contributed by atoms with van der Waals surface area (Å²) in [4.78, 5) is 23.1. The Morgan fingerprint density at radius 2 is 1.89 bits per heavy atom. The van der Waals surface area contributed by atoms with Crippen molar-refractivity contribution >= 4 is 11.9 Å². The Labute approximate surface area is 107 Å². The molecule has 0 saturated carbocycles. The van der Waals surface area contributed by atoms with Crippen LogP contribution in [-0.2, 0) is 9.53 Å². The number of carbonyl (C=O) groups excluding carboxylic acids is 2. The van der Waals surface area contributed by atoms with Gasteiger partial charge in [0.05, 0.1) is 6.10 Å². The Balaban J connectivity index is 2.81. The van der Waals surface area contributed by atoms with Crippen LogP contribution in [0, 0.1) is 0 Å². The predicted molar refractivity (Wildman–Crippen MR) is 67.5 cm³/mol. The van der Waals surface area contributed by atoms with Gasteiger partial charge in [0, 0.05) is 6.42 Å². The van der Waals surface area contributed by atoms with E-state index in [1.807, 2.05) is 20.8 Å². The lowest BCUT2D eigenvalue weighted by atomic mass is 10.2. The van der Waals surface area contributed by atoms with Crippen molar-refractivity contribution in [3.63, 3.8) is 0 Å². The first kappa shape index (κ1) is 14.2. The molecule has 1 aromatic carbocycles. The third-order valence-electron chi connectivity index (χ3n) is 2.13. The Bertz CT molecular complexity index is 424. The van der Waals surface area contributed by atoms with Gasteiger partial charge in [0.15, 0.2) is 0 Å². The minimum Gasteiger partial charge on any atom is -0.490 e. The van der Waals surface area contributed by atoms with Crippen LogP contribution >= 0.6 is 0 Å². The molecule has 0 aromatic heterocycles. The molecule has 4 nitrogen and oxygen atoms in total. The van der Waals surface area contributed by atoms with Gasteiger partial charge in [-0.2, -0.15) is 0 Å². The van der Waals surface area contributed by atoms with Gasteiger partial charge >= 0.3 is 11.9 Å². The highest BCUT2D eigenvalue weighted by Crippen LogP contribution is 2.20. The Hall–Kier alpha value is -1.84. The fraction of sp³-hybridized carbons (Fsp3) is 0.429. The lowest BCUT2D eigenvalue weighted by Gasteiger charge is -2.12. The van der Waals surface area contributed by atoms with E-state index >= 15 is 0 Å². The minimum atomic E-state index is -0.662. The van der Waals surface area contributed by atoms with Crippen LogP contribution < -0.4 is 4.74 Å². The van der Waals surface area contributed by atoms with Gasteiger partial charge in [-0.05, 0) is 32.4 Å². The minimum absolute atomic E-state index is 0.0507. The first-order chi connectivity index (χ1) is 8.54. The topological polar surface area (TPSA) is 52.6 Å². The van der Waals surface area contributed by atoms with Crippen LogP contribution in [0.2, 0.25) is 0 Å². The summed E-state index contributed by atoms with van der Waals surface area (Å²) in [7, 11) is 0. The number of ether oxygens (including phenoxy) is 2. The van der Waals surface area contributed by atoms with Crippen molar-refractivity contribution in [1.29, 1.82) is 0 Å². The number of hydrogen-bond acceptors (Lipinski definition) is 4. The zero-order valence-corrected chi connectivity index (χ0v) is 10.9. The summed E-state index contributed by atoms with van der Waals surface area (Å²) < 4.78 is 10.2. The number of rotatable bonds is 5. The molecule has 0 fully saturated rings. The van der Waals surface area contributed by atoms with Crippen molar-refractivity contribution in [2.24, 2.45) is 0 Å². The van der Waals surface area contributed by atoms with Gasteiger partial charge in [-0.3, -0.25) is 4.79 Å². The monoisotopic (exact) mass is 250 g/mol. The molecule has 0 bridgehead atoms. The molecule has 0 unspecified atom stereocenters. The first-order valence-corrected chi connectivity index (χ1v) is 6.05. The van der Waals surface area contributed by atoms with Crippen LogP contribution in [0.15, 0.2) is 24.3 Å². The molecule has 0 atom stereocenters. The quantitative estimate of drug-likeness (QED) is 0.595. The summed E-state index contributed by atoms with van der Waals surface area (Å²) in [6, 6.07) is 6.73. The van der Waals surface area contributed by atoms with Gasteiger partial charge in [-0.25, -0.2) is 4.79 Å². The molecule has 1 aromatic rings. The molecule has 1 rings (SSSR count). The van der Waals surface area contributed by atoms with Crippen LogP contribution in [-0.4, -0.2) is 18.0 Å². The van der Waals surface area contributed by atoms with Crippen molar-refractivity contribution in [2.75, 3.05) is 0 Å². The summed E-state index contributed by atoms with van der Waals surface area (Å²) in [6.07, 6.45) is 0.833. The van der Waals surface area contributed by atoms with Gasteiger partial charge in [-0.15, -0.1) is 0 Å². The number of carbonyl (C=O) groups is 2. The van der Waals surface area contributed by atoms with Crippen LogP contribution in [0.5, 0.6) is 5.75 Å². The van der Waals surface area contributed by atoms with Gasteiger partial charge < -0.3 is 9.47 Å². The smallest absolute Gasteiger partial charge is 0.349 e. The average molecular weight is 250 g/mol. The lowest BCUT2D eigenvalue weighted by Crippen LogP contribution is -2.15. The molecule has 18 heavy (non-hydrogen) atoms. The fourth-order valence-electron chi connectivity index (χ4n) is 1.41. The van der Waals surface area contributed by atoms with E-state index in [1.165, 1.54) is 0 Å². The highest BCUT2D eigenvalue weighted by Gasteiger charge is 2.17. The molecule has 0 radical (unpaired) electrons. The second-order valence-electron chi connectivity index (χ2n) is 4.17. The summed E-state index contributed by atoms with van der Waals surface area (Å²) in [5, 5.41) is 0. The van der Waals surface area contributed by atoms with E-state index in [0.29, 0.717) is 12.2 Å². The lowest BCUT2D eigenvalue weighted by molar-refractivity contribution is -0.137. The number of hydrogen-bond donors (Lipinski definition) is 0. The zero-order chi connectivity index (χ0) is 13.5. The van der Waals surface area contributed by atoms with Crippen LogP contribution in [0.4, 0.5) is 0 Å². The number of para-hydroxylation sites is 1. The molecule has 0 heterocycles. The van der Waals surface area contributed by atoms with Crippen LogP contribution in [0.25, 0.3) is 0 Å². The molecule has 0 spiro atoms. The maximum atomic E-state index is 11.8. The summed E-state index contributed by atoms with van der Waals surface area (Å²) in [5.74, 6) is -0.742. The van der Waals surface area contributed by atoms with Crippen LogP contribution in [0.1, 0.15) is 44.0 Å². The Morgan fingerprint density at radius 3 is 2.50 bits per heavy atom. The van der Waals surface area contributed by atoms with Gasteiger partial charge in [0.25, 0.3) is 0 Å². The third-order valence-corrected chi connectivity index (χ3v) is 2.13. The molecule has 98 valence electrons. The third kappa shape index (κ3) is 4.20. The fourth-order valence-corrected chi connectivity index (χ4v) is 1.41. The molecule has 0 aliphatic heterocycles. The Kier molecular flexibility index (Phi) is 5.36. The number of esters is 2. The van der Waals surface area contributed by atoms with Crippen molar-refractivity contribution in [1.82, 2.24) is 0 Å². The van der Waals surface area contributed by atoms with E-state index in [0.717, 1.165) is 0 Å². The first-order valence-electron chi connectivity index (χ1n) is 6.05. The molecule has 0 amide bonds. The van der Waals surface area contributed by atoms with Gasteiger partial charge in [-0.1, -0.05) is 19.1 Å². The average Bonchev–Trinajstić information content (AvgIpc) is 2.28. The van der Waals surface area contributed by atoms with E-state index < -0.39 is 11.9 Å². The molecule has 4 heteroatoms. The SMILES string of the molecule is CCCC(=O)OC(=O)c1ccccc1OC(C)C. The van der Waals surface area contributed by atoms with Gasteiger partial charge in [0.1, 0.15) is 11.3 Å². The second-order valence-corrected chi connectivity index (χ2v) is 4.17. The molecule has 0 aliphatic rings. The van der Waals surface area contributed by atoms with Crippen molar-refractivity contribution in [2.45, 2.75) is 39.7 Å². The van der Waals surface area contributed by atoms with Crippen molar-refractivity contribution in [3.05, 3.63) is 29.8 Å². The molecular formula is C14H18O4. The van der Waals surface area contributed by atoms with Crippen molar-refractivity contribution in [3.8, 4) is 5.75 Å². The molecule has 0 aliphatic carbocycles.